The maximum Gasteiger partial charge on any atom is 0.116 e. The number of hydrogen-bond donors (Lipinski definition) is 0. The summed E-state index contributed by atoms with van der Waals surface area (Å²) in [5, 5.41) is 5.23. The first kappa shape index (κ1) is 24.9. The van der Waals surface area contributed by atoms with Crippen molar-refractivity contribution in [2.75, 3.05) is 0 Å². The third kappa shape index (κ3) is 4.64. The van der Waals surface area contributed by atoms with Gasteiger partial charge in [0, 0.05) is 32.4 Å². The van der Waals surface area contributed by atoms with E-state index in [1.54, 1.807) is 11.9 Å². The number of benzene rings is 4. The number of aromatic nitrogens is 2. The van der Waals surface area contributed by atoms with Crippen molar-refractivity contribution in [1.82, 2.24) is 9.97 Å². The minimum absolute atomic E-state index is 0.0204. The van der Waals surface area contributed by atoms with Crippen molar-refractivity contribution >= 4 is 50.5 Å². The maximum atomic E-state index is 6.67. The quantitative estimate of drug-likeness (QED) is 0.214. The van der Waals surface area contributed by atoms with Crippen molar-refractivity contribution in [2.24, 2.45) is 0 Å². The van der Waals surface area contributed by atoms with Crippen molar-refractivity contribution in [3.05, 3.63) is 135 Å². The van der Waals surface area contributed by atoms with Crippen LogP contribution in [0.2, 0.25) is 10.0 Å². The first-order valence-electron chi connectivity index (χ1n) is 13.0. The molecule has 1 aromatic heterocycles. The summed E-state index contributed by atoms with van der Waals surface area (Å²) >= 11 is 12.8. The molecule has 0 aliphatic heterocycles. The summed E-state index contributed by atoms with van der Waals surface area (Å²) in [6, 6.07) is 25.0. The van der Waals surface area contributed by atoms with Gasteiger partial charge in [0.15, 0.2) is 0 Å². The molecule has 4 aromatic carbocycles. The van der Waals surface area contributed by atoms with Crippen molar-refractivity contribution in [3.63, 3.8) is 0 Å². The molecule has 0 radical (unpaired) electrons. The third-order valence-corrected chi connectivity index (χ3v) is 8.34. The van der Waals surface area contributed by atoms with Gasteiger partial charge in [0.2, 0.25) is 0 Å². The molecule has 5 aromatic rings. The van der Waals surface area contributed by atoms with Gasteiger partial charge in [-0.1, -0.05) is 96.4 Å². The number of allylic oxidation sites excluding steroid dienone is 4. The Hall–Kier alpha value is -3.46. The SMILES string of the molecule is Cc1cc(Cl)c2c3c(ccc2c1)C1=C(CC3)CC(C)(c2ccc(Cl)cc2)C=C1.c1ccc2ncncc2c1. The molecule has 2 nitrogen and oxygen atoms in total. The Labute approximate surface area is 233 Å². The van der Waals surface area contributed by atoms with Gasteiger partial charge in [-0.15, -0.1) is 0 Å². The Morgan fingerprint density at radius 2 is 1.68 bits per heavy atom. The smallest absolute Gasteiger partial charge is 0.116 e. The molecule has 38 heavy (non-hydrogen) atoms. The second-order valence-corrected chi connectivity index (χ2v) is 11.3. The summed E-state index contributed by atoms with van der Waals surface area (Å²) in [6.07, 6.45) is 11.3. The fraction of sp³-hybridized carbons (Fsp3) is 0.176. The summed E-state index contributed by atoms with van der Waals surface area (Å²) in [6.45, 7) is 4.43. The van der Waals surface area contributed by atoms with E-state index in [1.807, 2.05) is 42.6 Å². The first-order chi connectivity index (χ1) is 18.4. The van der Waals surface area contributed by atoms with E-state index < -0.39 is 0 Å². The highest BCUT2D eigenvalue weighted by Crippen LogP contribution is 2.46. The van der Waals surface area contributed by atoms with Crippen LogP contribution in [-0.4, -0.2) is 9.97 Å². The van der Waals surface area contributed by atoms with E-state index in [1.165, 1.54) is 38.6 Å². The average Bonchev–Trinajstić information content (AvgIpc) is 2.93. The van der Waals surface area contributed by atoms with Crippen LogP contribution in [0.3, 0.4) is 0 Å². The number of nitrogens with zero attached hydrogens (tertiary/aromatic N) is 2. The Morgan fingerprint density at radius 1 is 0.868 bits per heavy atom. The van der Waals surface area contributed by atoms with Crippen molar-refractivity contribution in [2.45, 2.75) is 38.5 Å². The fourth-order valence-electron chi connectivity index (χ4n) is 5.85. The van der Waals surface area contributed by atoms with E-state index >= 15 is 0 Å². The molecule has 0 N–H and O–H groups in total. The van der Waals surface area contributed by atoms with Crippen LogP contribution in [0.4, 0.5) is 0 Å². The number of aryl methyl sites for hydroxylation is 2. The zero-order chi connectivity index (χ0) is 26.3. The van der Waals surface area contributed by atoms with E-state index in [0.717, 1.165) is 40.2 Å². The van der Waals surface area contributed by atoms with Crippen LogP contribution in [-0.2, 0) is 11.8 Å². The molecule has 0 spiro atoms. The lowest BCUT2D eigenvalue weighted by atomic mass is 9.69. The average molecular weight is 536 g/mol. The molecule has 2 aliphatic carbocycles. The summed E-state index contributed by atoms with van der Waals surface area (Å²) in [5.41, 5.74) is 9.26. The molecular formula is C34H28Cl2N2. The van der Waals surface area contributed by atoms with Gasteiger partial charge >= 0.3 is 0 Å². The number of halogens is 2. The van der Waals surface area contributed by atoms with Gasteiger partial charge in [0.1, 0.15) is 6.33 Å². The van der Waals surface area contributed by atoms with Crippen LogP contribution in [0.25, 0.3) is 27.2 Å². The largest absolute Gasteiger partial charge is 0.244 e. The van der Waals surface area contributed by atoms with Crippen molar-refractivity contribution in [1.29, 1.82) is 0 Å². The molecule has 2 aliphatic rings. The van der Waals surface area contributed by atoms with E-state index in [9.17, 15) is 0 Å². The van der Waals surface area contributed by atoms with E-state index in [-0.39, 0.29) is 5.41 Å². The second-order valence-electron chi connectivity index (χ2n) is 10.5. The summed E-state index contributed by atoms with van der Waals surface area (Å²) in [5.74, 6) is 0. The Bertz CT molecular complexity index is 1670. The molecule has 7 rings (SSSR count). The standard InChI is InChI=1S/C26H22Cl2.C8H6N2/c1-16-13-17-3-9-22-21-11-12-26(2,19-5-7-20(27)8-6-19)15-18(21)4-10-23(22)25(17)24(28)14-16;1-2-4-8-7(3-1)5-9-6-10-8/h3,5-9,11-14H,4,10,15H2,1-2H3;1-6H. The van der Waals surface area contributed by atoms with E-state index in [2.05, 4.69) is 72.4 Å². The Balaban J connectivity index is 0.000000221. The predicted molar refractivity (Wildman–Crippen MR) is 161 cm³/mol. The minimum Gasteiger partial charge on any atom is -0.244 e. The molecule has 0 saturated carbocycles. The van der Waals surface area contributed by atoms with Crippen molar-refractivity contribution in [3.8, 4) is 0 Å². The predicted octanol–water partition coefficient (Wildman–Crippen LogP) is 9.70. The van der Waals surface area contributed by atoms with Gasteiger partial charge in [-0.25, -0.2) is 9.97 Å². The molecule has 1 atom stereocenters. The Morgan fingerprint density at radius 3 is 2.50 bits per heavy atom. The molecule has 1 heterocycles. The highest BCUT2D eigenvalue weighted by atomic mass is 35.5. The summed E-state index contributed by atoms with van der Waals surface area (Å²) in [7, 11) is 0. The molecule has 0 fully saturated rings. The minimum atomic E-state index is 0.0204. The lowest BCUT2D eigenvalue weighted by Crippen LogP contribution is -2.24. The molecule has 0 amide bonds. The molecule has 0 bridgehead atoms. The van der Waals surface area contributed by atoms with Crippen LogP contribution in [0.1, 0.15) is 42.0 Å². The van der Waals surface area contributed by atoms with Crippen molar-refractivity contribution < 1.29 is 0 Å². The van der Waals surface area contributed by atoms with E-state index in [4.69, 9.17) is 23.2 Å². The topological polar surface area (TPSA) is 25.8 Å². The van der Waals surface area contributed by atoms with Crippen LogP contribution in [0.5, 0.6) is 0 Å². The number of rotatable bonds is 1. The third-order valence-electron chi connectivity index (χ3n) is 7.79. The highest BCUT2D eigenvalue weighted by Gasteiger charge is 2.32. The molecule has 4 heteroatoms. The zero-order valence-corrected chi connectivity index (χ0v) is 23.0. The Kier molecular flexibility index (Phi) is 6.55. The van der Waals surface area contributed by atoms with Crippen LogP contribution in [0, 0.1) is 6.92 Å². The van der Waals surface area contributed by atoms with Crippen LogP contribution < -0.4 is 0 Å². The lowest BCUT2D eigenvalue weighted by Gasteiger charge is -2.35. The molecular weight excluding hydrogens is 507 g/mol. The van der Waals surface area contributed by atoms with Gasteiger partial charge in [0.25, 0.3) is 0 Å². The fourth-order valence-corrected chi connectivity index (χ4v) is 6.37. The van der Waals surface area contributed by atoms with Gasteiger partial charge in [0.05, 0.1) is 5.52 Å². The van der Waals surface area contributed by atoms with Gasteiger partial charge in [-0.3, -0.25) is 0 Å². The zero-order valence-electron chi connectivity index (χ0n) is 21.5. The van der Waals surface area contributed by atoms with Gasteiger partial charge < -0.3 is 0 Å². The number of fused-ring (bicyclic) bond motifs is 5. The normalized spacial score (nSPS) is 18.1. The number of para-hydroxylation sites is 1. The molecule has 188 valence electrons. The highest BCUT2D eigenvalue weighted by molar-refractivity contribution is 6.36. The molecule has 0 saturated heterocycles. The van der Waals surface area contributed by atoms with E-state index in [0.29, 0.717) is 0 Å². The lowest BCUT2D eigenvalue weighted by molar-refractivity contribution is 0.567. The van der Waals surface area contributed by atoms with Crippen LogP contribution in [0.15, 0.2) is 103 Å². The van der Waals surface area contributed by atoms with Gasteiger partial charge in [-0.2, -0.15) is 0 Å². The summed E-state index contributed by atoms with van der Waals surface area (Å²) in [4.78, 5) is 7.97. The second kappa shape index (κ2) is 10.0. The first-order valence-corrected chi connectivity index (χ1v) is 13.7. The molecule has 1 unspecified atom stereocenters. The monoisotopic (exact) mass is 534 g/mol. The van der Waals surface area contributed by atoms with Crippen LogP contribution >= 0.6 is 23.2 Å². The maximum absolute atomic E-state index is 6.67. The summed E-state index contributed by atoms with van der Waals surface area (Å²) < 4.78 is 0. The number of hydrogen-bond acceptors (Lipinski definition) is 2. The van der Waals surface area contributed by atoms with Gasteiger partial charge in [-0.05, 0) is 83.7 Å².